The summed E-state index contributed by atoms with van der Waals surface area (Å²) in [6, 6.07) is 4.62. The standard InChI is InChI=1S/C10H12FNO.ClH/c11-9-1-2-10-8(4-9)3-7(5-12)6-13-10;/h1-2,4,7H,3,5-6,12H2;1H. The number of nitrogens with two attached hydrogens (primary N) is 1. The number of benzene rings is 1. The molecule has 78 valence electrons. The quantitative estimate of drug-likeness (QED) is 0.778. The Morgan fingerprint density at radius 2 is 2.29 bits per heavy atom. The second-order valence-electron chi connectivity index (χ2n) is 3.37. The molecule has 1 heterocycles. The molecule has 1 atom stereocenters. The van der Waals surface area contributed by atoms with E-state index in [1.54, 1.807) is 6.07 Å². The Balaban J connectivity index is 0.000000980. The minimum absolute atomic E-state index is 0. The molecule has 0 aliphatic carbocycles. The van der Waals surface area contributed by atoms with E-state index in [-0.39, 0.29) is 18.2 Å². The van der Waals surface area contributed by atoms with E-state index in [2.05, 4.69) is 0 Å². The van der Waals surface area contributed by atoms with Gasteiger partial charge >= 0.3 is 0 Å². The van der Waals surface area contributed by atoms with Gasteiger partial charge < -0.3 is 10.5 Å². The number of hydrogen-bond acceptors (Lipinski definition) is 2. The summed E-state index contributed by atoms with van der Waals surface area (Å²) in [7, 11) is 0. The van der Waals surface area contributed by atoms with Crippen LogP contribution in [0.5, 0.6) is 5.75 Å². The van der Waals surface area contributed by atoms with Gasteiger partial charge in [0.1, 0.15) is 11.6 Å². The highest BCUT2D eigenvalue weighted by Crippen LogP contribution is 2.27. The van der Waals surface area contributed by atoms with Crippen LogP contribution in [0.25, 0.3) is 0 Å². The molecule has 0 radical (unpaired) electrons. The summed E-state index contributed by atoms with van der Waals surface area (Å²) in [6.07, 6.45) is 0.823. The van der Waals surface area contributed by atoms with Crippen molar-refractivity contribution >= 4 is 12.4 Å². The van der Waals surface area contributed by atoms with E-state index < -0.39 is 0 Å². The number of hydrogen-bond donors (Lipinski definition) is 1. The second kappa shape index (κ2) is 4.62. The fraction of sp³-hybridized carbons (Fsp3) is 0.400. The van der Waals surface area contributed by atoms with Gasteiger partial charge in [-0.15, -0.1) is 12.4 Å². The molecular formula is C10H13ClFNO. The van der Waals surface area contributed by atoms with Gasteiger partial charge in [-0.2, -0.15) is 0 Å². The number of ether oxygens (including phenoxy) is 1. The van der Waals surface area contributed by atoms with Crippen molar-refractivity contribution in [3.63, 3.8) is 0 Å². The minimum atomic E-state index is -0.208. The molecule has 0 saturated carbocycles. The Morgan fingerprint density at radius 1 is 1.50 bits per heavy atom. The van der Waals surface area contributed by atoms with Gasteiger partial charge in [0, 0.05) is 5.92 Å². The van der Waals surface area contributed by atoms with Crippen LogP contribution in [0, 0.1) is 11.7 Å². The first kappa shape index (κ1) is 11.3. The molecule has 4 heteroatoms. The normalized spacial score (nSPS) is 19.1. The molecule has 1 aliphatic rings. The summed E-state index contributed by atoms with van der Waals surface area (Å²) in [6.45, 7) is 1.24. The molecule has 2 N–H and O–H groups in total. The Kier molecular flexibility index (Phi) is 3.72. The van der Waals surface area contributed by atoms with Gasteiger partial charge in [-0.25, -0.2) is 4.39 Å². The maximum Gasteiger partial charge on any atom is 0.123 e. The van der Waals surface area contributed by atoms with Crippen LogP contribution < -0.4 is 10.5 Å². The van der Waals surface area contributed by atoms with Crippen molar-refractivity contribution in [2.45, 2.75) is 6.42 Å². The van der Waals surface area contributed by atoms with Crippen LogP contribution in [0.4, 0.5) is 4.39 Å². The minimum Gasteiger partial charge on any atom is -0.493 e. The van der Waals surface area contributed by atoms with Crippen molar-refractivity contribution in [2.75, 3.05) is 13.2 Å². The first-order valence-corrected chi connectivity index (χ1v) is 4.41. The Bertz CT molecular complexity index is 319. The molecule has 1 aromatic rings. The van der Waals surface area contributed by atoms with Crippen LogP contribution in [0.1, 0.15) is 5.56 Å². The van der Waals surface area contributed by atoms with E-state index in [1.807, 2.05) is 0 Å². The topological polar surface area (TPSA) is 35.2 Å². The Morgan fingerprint density at radius 3 is 3.00 bits per heavy atom. The fourth-order valence-corrected chi connectivity index (χ4v) is 1.58. The highest BCUT2D eigenvalue weighted by Gasteiger charge is 2.18. The van der Waals surface area contributed by atoms with Crippen molar-refractivity contribution in [3.8, 4) is 5.75 Å². The van der Waals surface area contributed by atoms with Gasteiger partial charge in [0.2, 0.25) is 0 Å². The zero-order valence-corrected chi connectivity index (χ0v) is 8.52. The predicted molar refractivity (Wildman–Crippen MR) is 55.4 cm³/mol. The van der Waals surface area contributed by atoms with Crippen LogP contribution in [0.2, 0.25) is 0 Å². The zero-order chi connectivity index (χ0) is 9.26. The summed E-state index contributed by atoms with van der Waals surface area (Å²) in [5.74, 6) is 0.917. The zero-order valence-electron chi connectivity index (χ0n) is 7.70. The molecule has 1 aromatic carbocycles. The van der Waals surface area contributed by atoms with E-state index in [9.17, 15) is 4.39 Å². The summed E-state index contributed by atoms with van der Waals surface area (Å²) in [4.78, 5) is 0. The van der Waals surface area contributed by atoms with Gasteiger partial charge in [0.25, 0.3) is 0 Å². The Labute approximate surface area is 88.7 Å². The van der Waals surface area contributed by atoms with Crippen LogP contribution in [-0.4, -0.2) is 13.2 Å². The third kappa shape index (κ3) is 2.16. The molecule has 2 rings (SSSR count). The number of halogens is 2. The lowest BCUT2D eigenvalue weighted by atomic mass is 9.97. The molecule has 2 nitrogen and oxygen atoms in total. The van der Waals surface area contributed by atoms with Crippen molar-refractivity contribution in [2.24, 2.45) is 11.7 Å². The second-order valence-corrected chi connectivity index (χ2v) is 3.37. The van der Waals surface area contributed by atoms with Crippen molar-refractivity contribution in [1.82, 2.24) is 0 Å². The monoisotopic (exact) mass is 217 g/mol. The third-order valence-electron chi connectivity index (χ3n) is 2.34. The van der Waals surface area contributed by atoms with Gasteiger partial charge in [-0.3, -0.25) is 0 Å². The van der Waals surface area contributed by atoms with Crippen LogP contribution in [0.3, 0.4) is 0 Å². The highest BCUT2D eigenvalue weighted by molar-refractivity contribution is 5.85. The predicted octanol–water partition coefficient (Wildman–Crippen LogP) is 1.76. The lowest BCUT2D eigenvalue weighted by Gasteiger charge is -2.23. The van der Waals surface area contributed by atoms with Gasteiger partial charge in [0.05, 0.1) is 6.61 Å². The average molecular weight is 218 g/mol. The maximum absolute atomic E-state index is 12.8. The van der Waals surface area contributed by atoms with Gasteiger partial charge in [0.15, 0.2) is 0 Å². The van der Waals surface area contributed by atoms with Crippen LogP contribution in [-0.2, 0) is 6.42 Å². The summed E-state index contributed by atoms with van der Waals surface area (Å²) < 4.78 is 18.3. The summed E-state index contributed by atoms with van der Waals surface area (Å²) in [5, 5.41) is 0. The average Bonchev–Trinajstić information content (AvgIpc) is 2.16. The Hall–Kier alpha value is -0.800. The SMILES string of the molecule is Cl.NCC1COc2ccc(F)cc2C1. The van der Waals surface area contributed by atoms with Crippen LogP contribution >= 0.6 is 12.4 Å². The van der Waals surface area contributed by atoms with E-state index in [0.717, 1.165) is 17.7 Å². The van der Waals surface area contributed by atoms with Crippen molar-refractivity contribution in [1.29, 1.82) is 0 Å². The van der Waals surface area contributed by atoms with E-state index >= 15 is 0 Å². The number of fused-ring (bicyclic) bond motifs is 1. The molecule has 0 amide bonds. The van der Waals surface area contributed by atoms with Gasteiger partial charge in [-0.1, -0.05) is 0 Å². The maximum atomic E-state index is 12.8. The summed E-state index contributed by atoms with van der Waals surface area (Å²) in [5.41, 5.74) is 6.46. The molecule has 0 aromatic heterocycles. The lowest BCUT2D eigenvalue weighted by molar-refractivity contribution is 0.226. The largest absolute Gasteiger partial charge is 0.493 e. The highest BCUT2D eigenvalue weighted by atomic mass is 35.5. The lowest BCUT2D eigenvalue weighted by Crippen LogP contribution is -2.27. The van der Waals surface area contributed by atoms with Gasteiger partial charge in [-0.05, 0) is 36.7 Å². The molecular weight excluding hydrogens is 205 g/mol. The van der Waals surface area contributed by atoms with Crippen molar-refractivity contribution in [3.05, 3.63) is 29.6 Å². The van der Waals surface area contributed by atoms with Crippen LogP contribution in [0.15, 0.2) is 18.2 Å². The first-order valence-electron chi connectivity index (χ1n) is 4.41. The van der Waals surface area contributed by atoms with E-state index in [4.69, 9.17) is 10.5 Å². The third-order valence-corrected chi connectivity index (χ3v) is 2.34. The molecule has 0 saturated heterocycles. The molecule has 1 aliphatic heterocycles. The van der Waals surface area contributed by atoms with E-state index in [0.29, 0.717) is 19.1 Å². The molecule has 1 unspecified atom stereocenters. The van der Waals surface area contributed by atoms with Crippen molar-refractivity contribution < 1.29 is 9.13 Å². The number of rotatable bonds is 1. The molecule has 0 spiro atoms. The first-order chi connectivity index (χ1) is 6.29. The smallest absolute Gasteiger partial charge is 0.123 e. The van der Waals surface area contributed by atoms with E-state index in [1.165, 1.54) is 12.1 Å². The molecule has 0 bridgehead atoms. The summed E-state index contributed by atoms with van der Waals surface area (Å²) >= 11 is 0. The fourth-order valence-electron chi connectivity index (χ4n) is 1.58. The molecule has 0 fully saturated rings. The molecule has 14 heavy (non-hydrogen) atoms.